The van der Waals surface area contributed by atoms with Crippen LogP contribution in [0.4, 0.5) is 0 Å². The molecule has 0 saturated heterocycles. The van der Waals surface area contributed by atoms with Crippen molar-refractivity contribution in [3.8, 4) is 23.1 Å². The number of aromatic nitrogens is 4. The Bertz CT molecular complexity index is 1120. The molecule has 2 aliphatic rings. The summed E-state index contributed by atoms with van der Waals surface area (Å²) in [5, 5.41) is 6.38. The maximum atomic E-state index is 11.9. The van der Waals surface area contributed by atoms with Crippen molar-refractivity contribution in [2.75, 3.05) is 6.61 Å². The number of pyridine rings is 1. The van der Waals surface area contributed by atoms with Crippen LogP contribution in [0, 0.1) is 20.8 Å². The molecule has 1 fully saturated rings. The minimum Gasteiger partial charge on any atom is -0.492 e. The number of aromatic amines is 1. The molecule has 7 heteroatoms. The lowest BCUT2D eigenvalue weighted by Gasteiger charge is -2.15. The molecule has 138 valence electrons. The van der Waals surface area contributed by atoms with Crippen LogP contribution in [0.5, 0.6) is 17.4 Å². The third-order valence-electron chi connectivity index (χ3n) is 5.51. The minimum atomic E-state index is -0.286. The van der Waals surface area contributed by atoms with Crippen LogP contribution in [0.2, 0.25) is 0 Å². The predicted molar refractivity (Wildman–Crippen MR) is 99.1 cm³/mol. The van der Waals surface area contributed by atoms with E-state index in [0.717, 1.165) is 42.1 Å². The number of hydrogen-bond acceptors (Lipinski definition) is 5. The van der Waals surface area contributed by atoms with Gasteiger partial charge < -0.3 is 9.47 Å². The van der Waals surface area contributed by atoms with Crippen LogP contribution in [0.1, 0.15) is 35.4 Å². The fraction of sp³-hybridized carbons (Fsp3) is 0.350. The highest BCUT2D eigenvalue weighted by atomic mass is 16.5. The zero-order chi connectivity index (χ0) is 18.8. The van der Waals surface area contributed by atoms with Crippen molar-refractivity contribution < 1.29 is 9.47 Å². The summed E-state index contributed by atoms with van der Waals surface area (Å²) in [6, 6.07) is 5.90. The Balaban J connectivity index is 1.53. The highest BCUT2D eigenvalue weighted by Gasteiger charge is 2.53. The number of nitrogens with zero attached hydrogens (tertiary/aromatic N) is 3. The van der Waals surface area contributed by atoms with Crippen molar-refractivity contribution in [1.29, 1.82) is 0 Å². The Morgan fingerprint density at radius 3 is 2.70 bits per heavy atom. The van der Waals surface area contributed by atoms with Gasteiger partial charge in [-0.1, -0.05) is 6.07 Å². The Labute approximate surface area is 156 Å². The van der Waals surface area contributed by atoms with Crippen molar-refractivity contribution >= 4 is 0 Å². The second kappa shape index (κ2) is 5.45. The molecule has 1 spiro atoms. The highest BCUT2D eigenvalue weighted by Crippen LogP contribution is 2.59. The van der Waals surface area contributed by atoms with Gasteiger partial charge in [0.2, 0.25) is 5.88 Å². The second-order valence-corrected chi connectivity index (χ2v) is 7.48. The maximum Gasteiger partial charge on any atom is 0.347 e. The highest BCUT2D eigenvalue weighted by molar-refractivity contribution is 5.59. The zero-order valence-corrected chi connectivity index (χ0v) is 15.5. The van der Waals surface area contributed by atoms with Crippen LogP contribution < -0.4 is 15.2 Å². The molecule has 2 aromatic heterocycles. The second-order valence-electron chi connectivity index (χ2n) is 7.48. The molecule has 0 unspecified atom stereocenters. The van der Waals surface area contributed by atoms with Crippen LogP contribution in [-0.2, 0) is 5.41 Å². The Kier molecular flexibility index (Phi) is 3.25. The lowest BCUT2D eigenvalue weighted by molar-refractivity contribution is 0.322. The fourth-order valence-electron chi connectivity index (χ4n) is 3.83. The van der Waals surface area contributed by atoms with E-state index < -0.39 is 0 Å². The molecule has 27 heavy (non-hydrogen) atoms. The summed E-state index contributed by atoms with van der Waals surface area (Å²) in [7, 11) is 0. The quantitative estimate of drug-likeness (QED) is 0.772. The molecule has 0 bridgehead atoms. The number of rotatable bonds is 3. The van der Waals surface area contributed by atoms with Gasteiger partial charge in [-0.05, 0) is 51.3 Å². The topological polar surface area (TPSA) is 82.0 Å². The van der Waals surface area contributed by atoms with Crippen molar-refractivity contribution in [3.05, 3.63) is 57.4 Å². The summed E-state index contributed by atoms with van der Waals surface area (Å²) in [4.78, 5) is 16.4. The van der Waals surface area contributed by atoms with E-state index in [1.165, 1.54) is 10.1 Å². The van der Waals surface area contributed by atoms with E-state index in [-0.39, 0.29) is 11.1 Å². The third-order valence-corrected chi connectivity index (χ3v) is 5.51. The van der Waals surface area contributed by atoms with Gasteiger partial charge in [-0.25, -0.2) is 19.4 Å². The van der Waals surface area contributed by atoms with E-state index >= 15 is 0 Å². The first-order valence-electron chi connectivity index (χ1n) is 9.04. The van der Waals surface area contributed by atoms with Crippen LogP contribution in [0.3, 0.4) is 0 Å². The third kappa shape index (κ3) is 2.38. The number of benzene rings is 1. The van der Waals surface area contributed by atoms with Gasteiger partial charge in [-0.3, -0.25) is 0 Å². The van der Waals surface area contributed by atoms with E-state index in [2.05, 4.69) is 22.1 Å². The molecule has 1 aliphatic carbocycles. The zero-order valence-electron chi connectivity index (χ0n) is 15.5. The predicted octanol–water partition coefficient (Wildman–Crippen LogP) is 3.10. The van der Waals surface area contributed by atoms with Crippen LogP contribution in [0.25, 0.3) is 5.69 Å². The SMILES string of the molecule is Cc1cc(-n2c(C)n[nH]c2=O)cnc1Oc1ccc(C)c2c1C1(CC1)CO2. The van der Waals surface area contributed by atoms with Gasteiger partial charge in [0.15, 0.2) is 0 Å². The number of aryl methyl sites for hydroxylation is 3. The molecule has 5 rings (SSSR count). The first-order valence-corrected chi connectivity index (χ1v) is 9.04. The standard InChI is InChI=1S/C20H20N4O3/c1-11-4-5-15(16-17(11)26-10-20(16)6-7-20)27-18-12(2)8-14(9-21-18)24-13(3)22-23-19(24)25/h4-5,8-9H,6-7,10H2,1-3H3,(H,23,25). The normalized spacial score (nSPS) is 16.3. The van der Waals surface area contributed by atoms with Gasteiger partial charge in [0.05, 0.1) is 18.5 Å². The molecule has 0 amide bonds. The van der Waals surface area contributed by atoms with E-state index in [1.807, 2.05) is 25.1 Å². The summed E-state index contributed by atoms with van der Waals surface area (Å²) in [5.74, 6) is 2.88. The molecule has 3 aromatic rings. The lowest BCUT2D eigenvalue weighted by atomic mass is 9.95. The fourth-order valence-corrected chi connectivity index (χ4v) is 3.83. The number of H-pyrrole nitrogens is 1. The number of fused-ring (bicyclic) bond motifs is 2. The van der Waals surface area contributed by atoms with Gasteiger partial charge in [-0.2, -0.15) is 5.10 Å². The molecule has 0 radical (unpaired) electrons. The Hall–Kier alpha value is -3.09. The average molecular weight is 364 g/mol. The van der Waals surface area contributed by atoms with E-state index in [9.17, 15) is 4.79 Å². The van der Waals surface area contributed by atoms with Gasteiger partial charge in [0.25, 0.3) is 0 Å². The Morgan fingerprint density at radius 1 is 1.22 bits per heavy atom. The molecule has 1 saturated carbocycles. The van der Waals surface area contributed by atoms with Gasteiger partial charge in [0.1, 0.15) is 17.3 Å². The molecular weight excluding hydrogens is 344 g/mol. The smallest absolute Gasteiger partial charge is 0.347 e. The molecule has 1 aliphatic heterocycles. The van der Waals surface area contributed by atoms with E-state index in [1.54, 1.807) is 13.1 Å². The van der Waals surface area contributed by atoms with Crippen LogP contribution >= 0.6 is 0 Å². The van der Waals surface area contributed by atoms with Crippen LogP contribution in [-0.4, -0.2) is 26.4 Å². The summed E-state index contributed by atoms with van der Waals surface area (Å²) in [6.45, 7) is 6.48. The first kappa shape index (κ1) is 16.1. The Morgan fingerprint density at radius 2 is 2.04 bits per heavy atom. The van der Waals surface area contributed by atoms with Gasteiger partial charge >= 0.3 is 5.69 Å². The van der Waals surface area contributed by atoms with Crippen molar-refractivity contribution in [3.63, 3.8) is 0 Å². The maximum absolute atomic E-state index is 11.9. The van der Waals surface area contributed by atoms with Crippen molar-refractivity contribution in [2.45, 2.75) is 39.0 Å². The van der Waals surface area contributed by atoms with E-state index in [0.29, 0.717) is 17.4 Å². The average Bonchev–Trinajstić information content (AvgIpc) is 3.20. The van der Waals surface area contributed by atoms with Gasteiger partial charge in [0, 0.05) is 16.5 Å². The number of hydrogen-bond donors (Lipinski definition) is 1. The van der Waals surface area contributed by atoms with E-state index in [4.69, 9.17) is 9.47 Å². The van der Waals surface area contributed by atoms with Crippen LogP contribution in [0.15, 0.2) is 29.2 Å². The lowest BCUT2D eigenvalue weighted by Crippen LogP contribution is -2.16. The molecule has 1 aromatic carbocycles. The summed E-state index contributed by atoms with van der Waals surface area (Å²) >= 11 is 0. The molecule has 7 nitrogen and oxygen atoms in total. The largest absolute Gasteiger partial charge is 0.492 e. The summed E-state index contributed by atoms with van der Waals surface area (Å²) in [5.41, 5.74) is 3.65. The molecule has 1 N–H and O–H groups in total. The van der Waals surface area contributed by atoms with Gasteiger partial charge in [-0.15, -0.1) is 0 Å². The first-order chi connectivity index (χ1) is 13.0. The number of ether oxygens (including phenoxy) is 2. The molecule has 0 atom stereocenters. The minimum absolute atomic E-state index is 0.117. The summed E-state index contributed by atoms with van der Waals surface area (Å²) in [6.07, 6.45) is 3.89. The monoisotopic (exact) mass is 364 g/mol. The van der Waals surface area contributed by atoms with Crippen molar-refractivity contribution in [2.24, 2.45) is 0 Å². The summed E-state index contributed by atoms with van der Waals surface area (Å²) < 4.78 is 13.7. The number of nitrogens with one attached hydrogen (secondary N) is 1. The van der Waals surface area contributed by atoms with Crippen molar-refractivity contribution in [1.82, 2.24) is 19.7 Å². The molecular formula is C20H20N4O3. The molecule has 3 heterocycles.